The van der Waals surface area contributed by atoms with Gasteiger partial charge in [-0.15, -0.1) is 11.6 Å². The minimum Gasteiger partial charge on any atom is -0.488 e. The van der Waals surface area contributed by atoms with Gasteiger partial charge in [0.1, 0.15) is 6.61 Å². The average molecular weight is 197 g/mol. The fourth-order valence-corrected chi connectivity index (χ4v) is 1.30. The summed E-state index contributed by atoms with van der Waals surface area (Å²) in [5, 5.41) is 1.05. The van der Waals surface area contributed by atoms with E-state index >= 15 is 0 Å². The van der Waals surface area contributed by atoms with Crippen LogP contribution in [0.15, 0.2) is 34.9 Å². The van der Waals surface area contributed by atoms with E-state index in [-0.39, 0.29) is 0 Å². The van der Waals surface area contributed by atoms with Gasteiger partial charge in [0, 0.05) is 5.39 Å². The van der Waals surface area contributed by atoms with Crippen molar-refractivity contribution in [3.8, 4) is 5.75 Å². The van der Waals surface area contributed by atoms with Gasteiger partial charge >= 0.3 is 0 Å². The number of para-hydroxylation sites is 1. The standard InChI is InChI=1S/C10H9ClO2/c11-5-7-12-9-3-1-2-8-4-6-13-10(8)9/h1-4,6H,5,7H2. The molecule has 0 N–H and O–H groups in total. The second kappa shape index (κ2) is 3.71. The third-order valence-corrected chi connectivity index (χ3v) is 1.93. The molecule has 0 bridgehead atoms. The molecule has 0 aliphatic rings. The SMILES string of the molecule is ClCCOc1cccc2ccoc12. The van der Waals surface area contributed by atoms with Crippen molar-refractivity contribution in [2.24, 2.45) is 0 Å². The van der Waals surface area contributed by atoms with Crippen molar-refractivity contribution >= 4 is 22.6 Å². The molecule has 2 rings (SSSR count). The smallest absolute Gasteiger partial charge is 0.175 e. The highest BCUT2D eigenvalue weighted by Gasteiger charge is 2.03. The molecule has 1 aromatic heterocycles. The van der Waals surface area contributed by atoms with E-state index in [9.17, 15) is 0 Å². The summed E-state index contributed by atoms with van der Waals surface area (Å²) >= 11 is 5.52. The second-order valence-corrected chi connectivity index (χ2v) is 3.01. The number of halogens is 1. The third-order valence-electron chi connectivity index (χ3n) is 1.78. The summed E-state index contributed by atoms with van der Waals surface area (Å²) in [4.78, 5) is 0. The maximum atomic E-state index is 5.52. The molecule has 0 amide bonds. The number of rotatable bonds is 3. The molecular weight excluding hydrogens is 188 g/mol. The maximum Gasteiger partial charge on any atom is 0.175 e. The maximum absolute atomic E-state index is 5.52. The Balaban J connectivity index is 2.37. The summed E-state index contributed by atoms with van der Waals surface area (Å²) in [7, 11) is 0. The van der Waals surface area contributed by atoms with Crippen molar-refractivity contribution in [3.05, 3.63) is 30.5 Å². The summed E-state index contributed by atoms with van der Waals surface area (Å²) in [6.45, 7) is 0.501. The van der Waals surface area contributed by atoms with Crippen molar-refractivity contribution in [2.45, 2.75) is 0 Å². The quantitative estimate of drug-likeness (QED) is 0.704. The van der Waals surface area contributed by atoms with Crippen LogP contribution in [0.4, 0.5) is 0 Å². The monoisotopic (exact) mass is 196 g/mol. The molecule has 0 unspecified atom stereocenters. The lowest BCUT2D eigenvalue weighted by atomic mass is 10.2. The average Bonchev–Trinajstić information content (AvgIpc) is 2.62. The van der Waals surface area contributed by atoms with Crippen LogP contribution in [0.1, 0.15) is 0 Å². The minimum absolute atomic E-state index is 0.483. The van der Waals surface area contributed by atoms with Gasteiger partial charge in [-0.3, -0.25) is 0 Å². The fraction of sp³-hybridized carbons (Fsp3) is 0.200. The summed E-state index contributed by atoms with van der Waals surface area (Å²) in [5.74, 6) is 1.24. The van der Waals surface area contributed by atoms with Gasteiger partial charge in [-0.1, -0.05) is 12.1 Å². The third kappa shape index (κ3) is 1.63. The summed E-state index contributed by atoms with van der Waals surface area (Å²) < 4.78 is 10.7. The van der Waals surface area contributed by atoms with E-state index in [4.69, 9.17) is 20.8 Å². The lowest BCUT2D eigenvalue weighted by molar-refractivity contribution is 0.341. The minimum atomic E-state index is 0.483. The van der Waals surface area contributed by atoms with Gasteiger partial charge in [0.2, 0.25) is 0 Å². The molecule has 0 aliphatic carbocycles. The van der Waals surface area contributed by atoms with Crippen LogP contribution in [-0.4, -0.2) is 12.5 Å². The van der Waals surface area contributed by atoms with Crippen LogP contribution in [0.25, 0.3) is 11.0 Å². The first-order valence-corrected chi connectivity index (χ1v) is 4.60. The Morgan fingerprint density at radius 2 is 2.23 bits per heavy atom. The van der Waals surface area contributed by atoms with E-state index in [0.717, 1.165) is 16.7 Å². The molecule has 1 aromatic carbocycles. The first kappa shape index (κ1) is 8.45. The van der Waals surface area contributed by atoms with E-state index in [1.807, 2.05) is 24.3 Å². The van der Waals surface area contributed by atoms with Gasteiger partial charge in [-0.25, -0.2) is 0 Å². The van der Waals surface area contributed by atoms with Crippen LogP contribution in [0.5, 0.6) is 5.75 Å². The molecule has 13 heavy (non-hydrogen) atoms. The van der Waals surface area contributed by atoms with E-state index < -0.39 is 0 Å². The highest BCUT2D eigenvalue weighted by atomic mass is 35.5. The number of benzene rings is 1. The number of ether oxygens (including phenoxy) is 1. The van der Waals surface area contributed by atoms with Gasteiger partial charge < -0.3 is 9.15 Å². The number of hydrogen-bond donors (Lipinski definition) is 0. The Morgan fingerprint density at radius 3 is 3.08 bits per heavy atom. The molecule has 0 radical (unpaired) electrons. The van der Waals surface area contributed by atoms with Gasteiger partial charge in [0.05, 0.1) is 12.1 Å². The van der Waals surface area contributed by atoms with Crippen LogP contribution < -0.4 is 4.74 Å². The van der Waals surface area contributed by atoms with E-state index in [1.54, 1.807) is 6.26 Å². The Kier molecular flexibility index (Phi) is 2.41. The van der Waals surface area contributed by atoms with Crippen molar-refractivity contribution in [2.75, 3.05) is 12.5 Å². The van der Waals surface area contributed by atoms with Gasteiger partial charge in [-0.2, -0.15) is 0 Å². The first-order valence-electron chi connectivity index (χ1n) is 4.07. The van der Waals surface area contributed by atoms with Gasteiger partial charge in [-0.05, 0) is 12.1 Å². The zero-order valence-corrected chi connectivity index (χ0v) is 7.75. The number of alkyl halides is 1. The summed E-state index contributed by atoms with van der Waals surface area (Å²) in [6.07, 6.45) is 1.65. The number of hydrogen-bond acceptors (Lipinski definition) is 2. The molecule has 0 fully saturated rings. The zero-order chi connectivity index (χ0) is 9.10. The van der Waals surface area contributed by atoms with Gasteiger partial charge in [0.25, 0.3) is 0 Å². The Labute approximate surface area is 81.1 Å². The highest BCUT2D eigenvalue weighted by Crippen LogP contribution is 2.25. The highest BCUT2D eigenvalue weighted by molar-refractivity contribution is 6.18. The van der Waals surface area contributed by atoms with Crippen LogP contribution in [0.2, 0.25) is 0 Å². The molecule has 0 saturated carbocycles. The van der Waals surface area contributed by atoms with Crippen LogP contribution in [0, 0.1) is 0 Å². The molecule has 0 spiro atoms. The second-order valence-electron chi connectivity index (χ2n) is 2.63. The van der Waals surface area contributed by atoms with Crippen LogP contribution >= 0.6 is 11.6 Å². The lowest BCUT2D eigenvalue weighted by Crippen LogP contribution is -1.97. The Hall–Kier alpha value is -1.15. The normalized spacial score (nSPS) is 10.5. The summed E-state index contributed by atoms with van der Waals surface area (Å²) in [5.41, 5.74) is 0.785. The fourth-order valence-electron chi connectivity index (χ4n) is 1.23. The molecule has 0 saturated heterocycles. The van der Waals surface area contributed by atoms with E-state index in [1.165, 1.54) is 0 Å². The number of furan rings is 1. The molecule has 1 heterocycles. The predicted octanol–water partition coefficient (Wildman–Crippen LogP) is 3.05. The van der Waals surface area contributed by atoms with E-state index in [2.05, 4.69) is 0 Å². The van der Waals surface area contributed by atoms with Crippen molar-refractivity contribution in [1.82, 2.24) is 0 Å². The molecule has 0 aliphatic heterocycles. The van der Waals surface area contributed by atoms with Crippen molar-refractivity contribution in [3.63, 3.8) is 0 Å². The molecule has 2 nitrogen and oxygen atoms in total. The van der Waals surface area contributed by atoms with Crippen molar-refractivity contribution in [1.29, 1.82) is 0 Å². The molecule has 3 heteroatoms. The first-order chi connectivity index (χ1) is 6.42. The zero-order valence-electron chi connectivity index (χ0n) is 7.00. The topological polar surface area (TPSA) is 22.4 Å². The molecule has 2 aromatic rings. The molecule has 0 atom stereocenters. The Morgan fingerprint density at radius 1 is 1.31 bits per heavy atom. The number of fused-ring (bicyclic) bond motifs is 1. The van der Waals surface area contributed by atoms with Crippen LogP contribution in [0.3, 0.4) is 0 Å². The predicted molar refractivity (Wildman–Crippen MR) is 52.4 cm³/mol. The van der Waals surface area contributed by atoms with Crippen molar-refractivity contribution < 1.29 is 9.15 Å². The molecular formula is C10H9ClO2. The molecule has 68 valence electrons. The van der Waals surface area contributed by atoms with Gasteiger partial charge in [0.15, 0.2) is 11.3 Å². The Bertz CT molecular complexity index is 394. The summed E-state index contributed by atoms with van der Waals surface area (Å²) in [6, 6.07) is 7.69. The van der Waals surface area contributed by atoms with Crippen LogP contribution in [-0.2, 0) is 0 Å². The van der Waals surface area contributed by atoms with E-state index in [0.29, 0.717) is 12.5 Å². The lowest BCUT2D eigenvalue weighted by Gasteiger charge is -2.03. The largest absolute Gasteiger partial charge is 0.488 e.